The Kier molecular flexibility index (Phi) is 7.35. The summed E-state index contributed by atoms with van der Waals surface area (Å²) in [5, 5.41) is 10.8. The van der Waals surface area contributed by atoms with Gasteiger partial charge in [-0.1, -0.05) is 49.8 Å². The molecular formula is C14H19ClOTi. The Bertz CT molecular complexity index is 336. The van der Waals surface area contributed by atoms with Crippen molar-refractivity contribution in [1.29, 1.82) is 0 Å². The molecule has 0 radical (unpaired) electrons. The van der Waals surface area contributed by atoms with E-state index < -0.39 is 5.60 Å². The summed E-state index contributed by atoms with van der Waals surface area (Å²) in [5.41, 5.74) is 1.61. The second-order valence-corrected chi connectivity index (χ2v) is 4.26. The average molecular weight is 287 g/mol. The number of allylic oxidation sites excluding steroid dienone is 6. The van der Waals surface area contributed by atoms with E-state index in [0.29, 0.717) is 0 Å². The minimum Gasteiger partial charge on any atom is -0.381 e. The van der Waals surface area contributed by atoms with Crippen molar-refractivity contribution in [3.63, 3.8) is 0 Å². The van der Waals surface area contributed by atoms with Crippen LogP contribution in [0.5, 0.6) is 0 Å². The molecule has 0 atom stereocenters. The third-order valence-electron chi connectivity index (χ3n) is 3.22. The van der Waals surface area contributed by atoms with Gasteiger partial charge in [-0.3, -0.25) is 0 Å². The van der Waals surface area contributed by atoms with Crippen molar-refractivity contribution < 1.29 is 26.8 Å². The van der Waals surface area contributed by atoms with Gasteiger partial charge in [0, 0.05) is 21.7 Å². The smallest absolute Gasteiger partial charge is 0.108 e. The fourth-order valence-corrected chi connectivity index (χ4v) is 2.40. The van der Waals surface area contributed by atoms with Crippen molar-refractivity contribution in [3.05, 3.63) is 47.6 Å². The van der Waals surface area contributed by atoms with E-state index in [-0.39, 0.29) is 34.1 Å². The van der Waals surface area contributed by atoms with Crippen molar-refractivity contribution in [2.45, 2.75) is 38.2 Å². The van der Waals surface area contributed by atoms with Crippen molar-refractivity contribution in [3.8, 4) is 0 Å². The molecule has 0 saturated carbocycles. The summed E-state index contributed by atoms with van der Waals surface area (Å²) < 4.78 is 0. The first kappa shape index (κ1) is 16.9. The van der Waals surface area contributed by atoms with Crippen LogP contribution in [0.4, 0.5) is 0 Å². The van der Waals surface area contributed by atoms with Gasteiger partial charge in [0.05, 0.1) is 0 Å². The first-order valence-corrected chi connectivity index (χ1v) is 5.72. The third-order valence-corrected chi connectivity index (χ3v) is 3.22. The van der Waals surface area contributed by atoms with E-state index in [1.807, 2.05) is 12.2 Å². The average Bonchev–Trinajstić information content (AvgIpc) is 2.92. The predicted octanol–water partition coefficient (Wildman–Crippen LogP) is 3.71. The SMILES string of the molecule is CCCC(O)(C1=CC=CC1)C1=CC=CC1.Cl.[Ti]. The molecule has 0 aromatic rings. The van der Waals surface area contributed by atoms with Gasteiger partial charge < -0.3 is 5.11 Å². The second-order valence-electron chi connectivity index (χ2n) is 4.26. The number of hydrogen-bond donors (Lipinski definition) is 1. The van der Waals surface area contributed by atoms with Crippen molar-refractivity contribution in [2.24, 2.45) is 0 Å². The molecule has 0 amide bonds. The Balaban J connectivity index is 0.00000128. The maximum atomic E-state index is 10.8. The van der Waals surface area contributed by atoms with Crippen LogP contribution in [0.3, 0.4) is 0 Å². The maximum absolute atomic E-state index is 10.8. The van der Waals surface area contributed by atoms with E-state index in [2.05, 4.69) is 31.2 Å². The molecule has 0 fully saturated rings. The van der Waals surface area contributed by atoms with Gasteiger partial charge in [-0.25, -0.2) is 0 Å². The first-order valence-electron chi connectivity index (χ1n) is 5.72. The predicted molar refractivity (Wildman–Crippen MR) is 70.8 cm³/mol. The molecule has 0 heterocycles. The third kappa shape index (κ3) is 3.45. The van der Waals surface area contributed by atoms with Crippen LogP contribution in [0, 0.1) is 0 Å². The molecule has 92 valence electrons. The normalized spacial score (nSPS) is 17.3. The van der Waals surface area contributed by atoms with E-state index in [1.165, 1.54) is 0 Å². The molecule has 0 saturated heterocycles. The molecule has 1 nitrogen and oxygen atoms in total. The van der Waals surface area contributed by atoms with E-state index in [1.54, 1.807) is 0 Å². The number of halogens is 1. The quantitative estimate of drug-likeness (QED) is 0.781. The Morgan fingerprint density at radius 2 is 1.59 bits per heavy atom. The molecule has 3 heteroatoms. The molecule has 2 aliphatic carbocycles. The van der Waals surface area contributed by atoms with Crippen molar-refractivity contribution in [1.82, 2.24) is 0 Å². The number of hydrogen-bond acceptors (Lipinski definition) is 1. The van der Waals surface area contributed by atoms with Gasteiger partial charge in [0.25, 0.3) is 0 Å². The zero-order valence-electron chi connectivity index (χ0n) is 10.1. The van der Waals surface area contributed by atoms with Gasteiger partial charge >= 0.3 is 0 Å². The summed E-state index contributed by atoms with van der Waals surface area (Å²) >= 11 is 0. The Labute approximate surface area is 125 Å². The van der Waals surface area contributed by atoms with Crippen LogP contribution in [0.15, 0.2) is 47.6 Å². The molecular weight excluding hydrogens is 267 g/mol. The maximum Gasteiger partial charge on any atom is 0.108 e. The molecule has 1 N–H and O–H groups in total. The van der Waals surface area contributed by atoms with Crippen LogP contribution in [0.25, 0.3) is 0 Å². The molecule has 17 heavy (non-hydrogen) atoms. The Hall–Kier alpha value is -0.0757. The fraction of sp³-hybridized carbons (Fsp3) is 0.429. The summed E-state index contributed by atoms with van der Waals surface area (Å²) in [6, 6.07) is 0. The number of rotatable bonds is 4. The monoisotopic (exact) mass is 286 g/mol. The van der Waals surface area contributed by atoms with E-state index in [0.717, 1.165) is 36.8 Å². The van der Waals surface area contributed by atoms with Crippen LogP contribution in [0.1, 0.15) is 32.6 Å². The standard InChI is InChI=1S/C14H18O.ClH.Ti/c1-2-11-14(15,12-7-3-4-8-12)13-9-5-6-10-13;;/h3-7,9,15H,2,8,10-11H2,1H3;1H;. The van der Waals surface area contributed by atoms with Crippen LogP contribution in [-0.4, -0.2) is 10.7 Å². The molecule has 2 rings (SSSR count). The van der Waals surface area contributed by atoms with E-state index >= 15 is 0 Å². The molecule has 0 aromatic heterocycles. The minimum absolute atomic E-state index is 0. The van der Waals surface area contributed by atoms with Gasteiger partial charge in [-0.05, 0) is 30.4 Å². The van der Waals surface area contributed by atoms with E-state index in [9.17, 15) is 5.11 Å². The molecule has 0 bridgehead atoms. The largest absolute Gasteiger partial charge is 0.381 e. The summed E-state index contributed by atoms with van der Waals surface area (Å²) in [5.74, 6) is 0. The summed E-state index contributed by atoms with van der Waals surface area (Å²) in [7, 11) is 0. The van der Waals surface area contributed by atoms with Gasteiger partial charge in [0.2, 0.25) is 0 Å². The molecule has 0 aliphatic heterocycles. The van der Waals surface area contributed by atoms with Crippen LogP contribution >= 0.6 is 12.4 Å². The second kappa shape index (κ2) is 7.38. The molecule has 0 unspecified atom stereocenters. The zero-order chi connectivity index (χ0) is 10.7. The van der Waals surface area contributed by atoms with Crippen LogP contribution < -0.4 is 0 Å². The van der Waals surface area contributed by atoms with Crippen LogP contribution in [0.2, 0.25) is 0 Å². The van der Waals surface area contributed by atoms with Crippen molar-refractivity contribution in [2.75, 3.05) is 0 Å². The van der Waals surface area contributed by atoms with Gasteiger partial charge in [-0.2, -0.15) is 0 Å². The summed E-state index contributed by atoms with van der Waals surface area (Å²) in [6.07, 6.45) is 16.1. The molecule has 0 spiro atoms. The van der Waals surface area contributed by atoms with Crippen molar-refractivity contribution >= 4 is 12.4 Å². The first-order chi connectivity index (χ1) is 7.27. The van der Waals surface area contributed by atoms with Gasteiger partial charge in [0.1, 0.15) is 5.60 Å². The van der Waals surface area contributed by atoms with Gasteiger partial charge in [0.15, 0.2) is 0 Å². The van der Waals surface area contributed by atoms with Crippen LogP contribution in [-0.2, 0) is 21.7 Å². The minimum atomic E-state index is -0.693. The van der Waals surface area contributed by atoms with Gasteiger partial charge in [-0.15, -0.1) is 12.4 Å². The summed E-state index contributed by atoms with van der Waals surface area (Å²) in [6.45, 7) is 2.12. The number of aliphatic hydroxyl groups is 1. The van der Waals surface area contributed by atoms with E-state index in [4.69, 9.17) is 0 Å². The fourth-order valence-electron chi connectivity index (χ4n) is 2.40. The topological polar surface area (TPSA) is 20.2 Å². The Morgan fingerprint density at radius 3 is 1.88 bits per heavy atom. The Morgan fingerprint density at radius 1 is 1.12 bits per heavy atom. The zero-order valence-corrected chi connectivity index (χ0v) is 12.5. The summed E-state index contributed by atoms with van der Waals surface area (Å²) in [4.78, 5) is 0. The molecule has 0 aromatic carbocycles. The molecule has 2 aliphatic rings.